The summed E-state index contributed by atoms with van der Waals surface area (Å²) in [6.45, 7) is 2.81. The number of nitrogens with zero attached hydrogens (tertiary/aromatic N) is 4. The number of aryl methyl sites for hydroxylation is 2. The summed E-state index contributed by atoms with van der Waals surface area (Å²) >= 11 is 0. The van der Waals surface area contributed by atoms with Crippen molar-refractivity contribution >= 4 is 5.82 Å². The SMILES string of the molecule is CN(CC1(O)CCCCC1)C1CN(c2cc3c(nn2)CCCC3)C1. The van der Waals surface area contributed by atoms with Crippen LogP contribution in [0.4, 0.5) is 5.82 Å². The fourth-order valence-electron chi connectivity index (χ4n) is 4.52. The topological polar surface area (TPSA) is 52.5 Å². The van der Waals surface area contributed by atoms with Gasteiger partial charge in [-0.2, -0.15) is 5.10 Å². The van der Waals surface area contributed by atoms with Crippen LogP contribution in [0.25, 0.3) is 0 Å². The highest BCUT2D eigenvalue weighted by atomic mass is 16.3. The van der Waals surface area contributed by atoms with Gasteiger partial charge in [-0.1, -0.05) is 19.3 Å². The van der Waals surface area contributed by atoms with E-state index in [1.807, 2.05) is 0 Å². The highest BCUT2D eigenvalue weighted by Crippen LogP contribution is 2.31. The Morgan fingerprint density at radius 3 is 2.67 bits per heavy atom. The Morgan fingerprint density at radius 2 is 1.88 bits per heavy atom. The molecule has 2 aliphatic carbocycles. The molecule has 0 atom stereocenters. The second-order valence-corrected chi connectivity index (χ2v) is 8.14. The predicted octanol–water partition coefficient (Wildman–Crippen LogP) is 2.17. The summed E-state index contributed by atoms with van der Waals surface area (Å²) < 4.78 is 0. The first-order valence-electron chi connectivity index (χ1n) is 9.66. The second-order valence-electron chi connectivity index (χ2n) is 8.14. The van der Waals surface area contributed by atoms with Gasteiger partial charge in [0.15, 0.2) is 5.82 Å². The van der Waals surface area contributed by atoms with E-state index in [4.69, 9.17) is 0 Å². The smallest absolute Gasteiger partial charge is 0.151 e. The standard InChI is InChI=1S/C19H30N4O/c1-22(14-19(24)9-5-2-6-10-19)16-12-23(13-16)18-11-15-7-3-4-8-17(15)20-21-18/h11,16,24H,2-10,12-14H2,1H3. The lowest BCUT2D eigenvalue weighted by Gasteiger charge is -2.47. The normalized spacial score (nSPS) is 23.9. The first kappa shape index (κ1) is 16.3. The number of hydrogen-bond acceptors (Lipinski definition) is 5. The fourth-order valence-corrected chi connectivity index (χ4v) is 4.52. The molecule has 5 nitrogen and oxygen atoms in total. The van der Waals surface area contributed by atoms with Crippen molar-refractivity contribution in [2.75, 3.05) is 31.6 Å². The lowest BCUT2D eigenvalue weighted by molar-refractivity contribution is -0.0316. The molecule has 0 unspecified atom stereocenters. The van der Waals surface area contributed by atoms with Crippen molar-refractivity contribution in [3.8, 4) is 0 Å². The molecule has 1 saturated carbocycles. The average Bonchev–Trinajstić information content (AvgIpc) is 2.53. The van der Waals surface area contributed by atoms with E-state index >= 15 is 0 Å². The molecule has 1 N–H and O–H groups in total. The first-order chi connectivity index (χ1) is 11.6. The third-order valence-electron chi connectivity index (χ3n) is 6.19. The minimum absolute atomic E-state index is 0.459. The molecule has 1 aromatic rings. The third kappa shape index (κ3) is 3.29. The molecular formula is C19H30N4O. The van der Waals surface area contributed by atoms with Crippen LogP contribution in [0, 0.1) is 0 Å². The van der Waals surface area contributed by atoms with Crippen molar-refractivity contribution in [3.05, 3.63) is 17.3 Å². The predicted molar refractivity (Wildman–Crippen MR) is 95.3 cm³/mol. The average molecular weight is 330 g/mol. The molecule has 2 fully saturated rings. The quantitative estimate of drug-likeness (QED) is 0.917. The molecule has 1 aliphatic heterocycles. The Balaban J connectivity index is 1.32. The van der Waals surface area contributed by atoms with E-state index in [1.54, 1.807) is 0 Å². The molecule has 132 valence electrons. The van der Waals surface area contributed by atoms with Gasteiger partial charge < -0.3 is 10.0 Å². The Bertz CT molecular complexity index is 579. The van der Waals surface area contributed by atoms with Crippen molar-refractivity contribution in [1.82, 2.24) is 15.1 Å². The van der Waals surface area contributed by atoms with Crippen LogP contribution >= 0.6 is 0 Å². The number of aromatic nitrogens is 2. The molecule has 1 saturated heterocycles. The maximum Gasteiger partial charge on any atom is 0.151 e. The number of likely N-dealkylation sites (N-methyl/N-ethyl adjacent to an activating group) is 1. The van der Waals surface area contributed by atoms with Gasteiger partial charge in [-0.3, -0.25) is 4.90 Å². The van der Waals surface area contributed by atoms with Crippen LogP contribution < -0.4 is 4.90 Å². The number of aliphatic hydroxyl groups is 1. The van der Waals surface area contributed by atoms with Crippen LogP contribution in [0.2, 0.25) is 0 Å². The summed E-state index contributed by atoms with van der Waals surface area (Å²) in [5.41, 5.74) is 2.15. The van der Waals surface area contributed by atoms with Crippen LogP contribution in [-0.2, 0) is 12.8 Å². The van der Waals surface area contributed by atoms with E-state index in [2.05, 4.69) is 33.1 Å². The van der Waals surface area contributed by atoms with E-state index < -0.39 is 5.60 Å². The van der Waals surface area contributed by atoms with Crippen LogP contribution in [0.15, 0.2) is 6.07 Å². The van der Waals surface area contributed by atoms with E-state index in [-0.39, 0.29) is 0 Å². The summed E-state index contributed by atoms with van der Waals surface area (Å²) in [6, 6.07) is 2.78. The van der Waals surface area contributed by atoms with Crippen molar-refractivity contribution in [2.24, 2.45) is 0 Å². The van der Waals surface area contributed by atoms with Gasteiger partial charge in [-0.25, -0.2) is 0 Å². The maximum absolute atomic E-state index is 10.7. The Labute approximate surface area is 145 Å². The molecule has 0 spiro atoms. The van der Waals surface area contributed by atoms with Crippen LogP contribution in [0.1, 0.15) is 56.2 Å². The van der Waals surface area contributed by atoms with Crippen molar-refractivity contribution in [2.45, 2.75) is 69.4 Å². The summed E-state index contributed by atoms with van der Waals surface area (Å²) in [4.78, 5) is 4.68. The number of fused-ring (bicyclic) bond motifs is 1. The molecule has 4 rings (SSSR count). The van der Waals surface area contributed by atoms with Crippen LogP contribution in [-0.4, -0.2) is 58.5 Å². The van der Waals surface area contributed by atoms with Crippen molar-refractivity contribution in [1.29, 1.82) is 0 Å². The third-order valence-corrected chi connectivity index (χ3v) is 6.19. The molecule has 5 heteroatoms. The second kappa shape index (κ2) is 6.60. The fraction of sp³-hybridized carbons (Fsp3) is 0.789. The van der Waals surface area contributed by atoms with Crippen molar-refractivity contribution in [3.63, 3.8) is 0 Å². The van der Waals surface area contributed by atoms with Gasteiger partial charge in [-0.05, 0) is 57.2 Å². The lowest BCUT2D eigenvalue weighted by atomic mass is 9.84. The van der Waals surface area contributed by atoms with Crippen LogP contribution in [0.3, 0.4) is 0 Å². The van der Waals surface area contributed by atoms with Gasteiger partial charge in [0.1, 0.15) is 0 Å². The van der Waals surface area contributed by atoms with E-state index in [0.29, 0.717) is 6.04 Å². The number of rotatable bonds is 4. The highest BCUT2D eigenvalue weighted by molar-refractivity contribution is 5.45. The Kier molecular flexibility index (Phi) is 4.48. The van der Waals surface area contributed by atoms with Gasteiger partial charge >= 0.3 is 0 Å². The molecule has 0 bridgehead atoms. The molecule has 0 aromatic carbocycles. The van der Waals surface area contributed by atoms with Gasteiger partial charge in [0.05, 0.1) is 11.3 Å². The van der Waals surface area contributed by atoms with E-state index in [1.165, 1.54) is 43.4 Å². The Hall–Kier alpha value is -1.20. The summed E-state index contributed by atoms with van der Waals surface area (Å²) in [7, 11) is 2.16. The van der Waals surface area contributed by atoms with Gasteiger partial charge in [0.2, 0.25) is 0 Å². The molecule has 0 radical (unpaired) electrons. The zero-order chi connectivity index (χ0) is 16.6. The zero-order valence-corrected chi connectivity index (χ0v) is 14.9. The summed E-state index contributed by atoms with van der Waals surface area (Å²) in [5, 5.41) is 19.6. The molecule has 0 amide bonds. The monoisotopic (exact) mass is 330 g/mol. The minimum Gasteiger partial charge on any atom is -0.389 e. The minimum atomic E-state index is -0.459. The first-order valence-corrected chi connectivity index (χ1v) is 9.66. The molecule has 1 aromatic heterocycles. The van der Waals surface area contributed by atoms with E-state index in [9.17, 15) is 5.11 Å². The van der Waals surface area contributed by atoms with Gasteiger partial charge in [0, 0.05) is 25.7 Å². The number of hydrogen-bond donors (Lipinski definition) is 1. The summed E-state index contributed by atoms with van der Waals surface area (Å²) in [6.07, 6.45) is 10.3. The molecule has 3 aliphatic rings. The van der Waals surface area contributed by atoms with Crippen molar-refractivity contribution < 1.29 is 5.11 Å². The number of anilines is 1. The summed E-state index contributed by atoms with van der Waals surface area (Å²) in [5.74, 6) is 1.04. The lowest BCUT2D eigenvalue weighted by Crippen LogP contribution is -2.61. The van der Waals surface area contributed by atoms with Crippen LogP contribution in [0.5, 0.6) is 0 Å². The largest absolute Gasteiger partial charge is 0.389 e. The molecule has 2 heterocycles. The Morgan fingerprint density at radius 1 is 1.12 bits per heavy atom. The van der Waals surface area contributed by atoms with Gasteiger partial charge in [0.25, 0.3) is 0 Å². The van der Waals surface area contributed by atoms with E-state index in [0.717, 1.165) is 51.1 Å². The molecule has 24 heavy (non-hydrogen) atoms. The zero-order valence-electron chi connectivity index (χ0n) is 14.9. The van der Waals surface area contributed by atoms with Gasteiger partial charge in [-0.15, -0.1) is 5.10 Å². The maximum atomic E-state index is 10.7. The highest BCUT2D eigenvalue weighted by Gasteiger charge is 2.37. The molecular weight excluding hydrogens is 300 g/mol.